The van der Waals surface area contributed by atoms with Gasteiger partial charge in [-0.1, -0.05) is 150 Å². The number of hydrogen-bond acceptors (Lipinski definition) is 1. The topological polar surface area (TPSA) is 35.0 Å². The smallest absolute Gasteiger partial charge is 0.0533 e. The van der Waals surface area contributed by atoms with E-state index in [1.54, 1.807) is 0 Å². The summed E-state index contributed by atoms with van der Waals surface area (Å²) in [7, 11) is 0. The molecule has 0 saturated carbocycles. The Kier molecular flexibility index (Phi) is 33.3. The van der Waals surface area contributed by atoms with Gasteiger partial charge in [0.05, 0.1) is 0 Å². The first-order valence-corrected chi connectivity index (χ1v) is 10.9. The van der Waals surface area contributed by atoms with Crippen molar-refractivity contribution in [2.45, 2.75) is 150 Å². The average Bonchev–Trinajstić information content (AvgIpc) is 2.54. The zero-order valence-corrected chi connectivity index (χ0v) is 16.8. The van der Waals surface area contributed by atoms with Gasteiger partial charge in [0.2, 0.25) is 0 Å². The van der Waals surface area contributed by atoms with E-state index in [1.165, 1.54) is 128 Å². The summed E-state index contributed by atoms with van der Waals surface area (Å²) in [6, 6.07) is 0. The Labute approximate surface area is 156 Å². The predicted molar refractivity (Wildman–Crippen MR) is 115 cm³/mol. The third-order valence-electron chi connectivity index (χ3n) is 4.96. The van der Waals surface area contributed by atoms with Gasteiger partial charge in [-0.05, 0) is 0 Å². The van der Waals surface area contributed by atoms with Crippen molar-refractivity contribution < 1.29 is 0 Å². The zero-order valence-electron chi connectivity index (χ0n) is 16.8. The van der Waals surface area contributed by atoms with E-state index in [2.05, 4.69) is 13.8 Å². The van der Waals surface area contributed by atoms with E-state index in [0.29, 0.717) is 0 Å². The van der Waals surface area contributed by atoms with E-state index in [0.717, 1.165) is 0 Å². The normalized spacial score (nSPS) is 10.2. The number of hydrogen-bond donors (Lipinski definition) is 1. The molecule has 0 heterocycles. The molecule has 0 aliphatic heterocycles. The number of unbranched alkanes of at least 4 members (excludes halogenated alkanes) is 19. The van der Waals surface area contributed by atoms with Crippen molar-refractivity contribution in [3.63, 3.8) is 0 Å². The fourth-order valence-electron chi connectivity index (χ4n) is 3.33. The molecule has 0 bridgehead atoms. The van der Waals surface area contributed by atoms with Crippen LogP contribution < -0.4 is 6.15 Å². The first-order valence-electron chi connectivity index (χ1n) is 10.9. The van der Waals surface area contributed by atoms with Crippen LogP contribution in [0, 0.1) is 0 Å². The summed E-state index contributed by atoms with van der Waals surface area (Å²) in [4.78, 5) is 0. The molecule has 0 amide bonds. The predicted octanol–water partition coefficient (Wildman–Crippen LogP) is 9.63. The van der Waals surface area contributed by atoms with Gasteiger partial charge in [0.1, 0.15) is 0 Å². The molecule has 0 atom stereocenters. The summed E-state index contributed by atoms with van der Waals surface area (Å²) in [5.74, 6) is 0. The SMILES string of the molecule is C.CCCCCCCCCCCCCCCCCCCCCC.N. The molecule has 1 heteroatoms. The molecule has 0 aliphatic rings. The highest BCUT2D eigenvalue weighted by Gasteiger charge is 1.94. The van der Waals surface area contributed by atoms with E-state index in [4.69, 9.17) is 0 Å². The van der Waals surface area contributed by atoms with Crippen LogP contribution in [-0.4, -0.2) is 0 Å². The summed E-state index contributed by atoms with van der Waals surface area (Å²) in [5, 5.41) is 0. The fourth-order valence-corrected chi connectivity index (χ4v) is 3.33. The van der Waals surface area contributed by atoms with E-state index in [1.807, 2.05) is 0 Å². The maximum absolute atomic E-state index is 2.30. The van der Waals surface area contributed by atoms with E-state index in [9.17, 15) is 0 Å². The molecule has 0 saturated heterocycles. The third-order valence-corrected chi connectivity index (χ3v) is 4.96. The van der Waals surface area contributed by atoms with Crippen molar-refractivity contribution in [2.24, 2.45) is 0 Å². The Morgan fingerprint density at radius 2 is 0.417 bits per heavy atom. The van der Waals surface area contributed by atoms with Crippen LogP contribution in [0.2, 0.25) is 0 Å². The summed E-state index contributed by atoms with van der Waals surface area (Å²) >= 11 is 0. The highest BCUT2D eigenvalue weighted by Crippen LogP contribution is 2.14. The molecule has 3 N–H and O–H groups in total. The van der Waals surface area contributed by atoms with Crippen molar-refractivity contribution in [3.05, 3.63) is 0 Å². The van der Waals surface area contributed by atoms with Crippen molar-refractivity contribution in [1.82, 2.24) is 6.15 Å². The van der Waals surface area contributed by atoms with Crippen molar-refractivity contribution in [1.29, 1.82) is 0 Å². The molecule has 0 aromatic carbocycles. The molecule has 0 fully saturated rings. The molecule has 1 nitrogen and oxygen atoms in total. The second kappa shape index (κ2) is 27.8. The Morgan fingerprint density at radius 3 is 0.542 bits per heavy atom. The molecular weight excluding hydrogens is 290 g/mol. The number of rotatable bonds is 19. The van der Waals surface area contributed by atoms with Crippen LogP contribution in [0.5, 0.6) is 0 Å². The van der Waals surface area contributed by atoms with Crippen LogP contribution in [-0.2, 0) is 0 Å². The van der Waals surface area contributed by atoms with Crippen LogP contribution >= 0.6 is 0 Å². The molecule has 24 heavy (non-hydrogen) atoms. The molecule has 0 unspecified atom stereocenters. The lowest BCUT2D eigenvalue weighted by Crippen LogP contribution is -1.84. The van der Waals surface area contributed by atoms with Gasteiger partial charge in [0, 0.05) is 0 Å². The van der Waals surface area contributed by atoms with Crippen LogP contribution in [0.3, 0.4) is 0 Å². The lowest BCUT2D eigenvalue weighted by molar-refractivity contribution is 0.523. The van der Waals surface area contributed by atoms with Gasteiger partial charge in [0.15, 0.2) is 0 Å². The van der Waals surface area contributed by atoms with Crippen molar-refractivity contribution in [3.8, 4) is 0 Å². The molecule has 0 spiro atoms. The van der Waals surface area contributed by atoms with Crippen molar-refractivity contribution in [2.75, 3.05) is 0 Å². The standard InChI is InChI=1S/C22H46.CH4.H3N/c1-3-5-7-9-11-13-15-17-19-21-22-20-18-16-14-12-10-8-6-4-2;;/h3-22H2,1-2H3;1H4;1H3. The minimum atomic E-state index is 0. The van der Waals surface area contributed by atoms with Gasteiger partial charge in [0.25, 0.3) is 0 Å². The first-order chi connectivity index (χ1) is 10.9. The lowest BCUT2D eigenvalue weighted by Gasteiger charge is -2.03. The monoisotopic (exact) mass is 343 g/mol. The summed E-state index contributed by atoms with van der Waals surface area (Å²) in [6.45, 7) is 4.60. The highest BCUT2D eigenvalue weighted by atomic mass is 14.0. The minimum Gasteiger partial charge on any atom is -0.344 e. The quantitative estimate of drug-likeness (QED) is 0.233. The van der Waals surface area contributed by atoms with Gasteiger partial charge in [-0.2, -0.15) is 0 Å². The molecule has 0 rings (SSSR count). The van der Waals surface area contributed by atoms with Gasteiger partial charge < -0.3 is 6.15 Å². The highest BCUT2D eigenvalue weighted by molar-refractivity contribution is 4.50. The molecule has 150 valence electrons. The van der Waals surface area contributed by atoms with Gasteiger partial charge in [-0.15, -0.1) is 0 Å². The van der Waals surface area contributed by atoms with Crippen LogP contribution in [0.1, 0.15) is 150 Å². The molecule has 0 aromatic heterocycles. The molecule has 0 aliphatic carbocycles. The molecule has 0 radical (unpaired) electrons. The Hall–Kier alpha value is -0.0400. The maximum atomic E-state index is 2.30. The summed E-state index contributed by atoms with van der Waals surface area (Å²) in [5.41, 5.74) is 0. The maximum Gasteiger partial charge on any atom is -0.0533 e. The van der Waals surface area contributed by atoms with E-state index < -0.39 is 0 Å². The second-order valence-electron chi connectivity index (χ2n) is 7.36. The third kappa shape index (κ3) is 26.8. The average molecular weight is 344 g/mol. The Bertz CT molecular complexity index is 159. The zero-order chi connectivity index (χ0) is 16.1. The van der Waals surface area contributed by atoms with Gasteiger partial charge in [-0.3, -0.25) is 0 Å². The Balaban J connectivity index is -0.00000220. The minimum absolute atomic E-state index is 0. The Morgan fingerprint density at radius 1 is 0.292 bits per heavy atom. The second-order valence-corrected chi connectivity index (χ2v) is 7.36. The lowest BCUT2D eigenvalue weighted by atomic mass is 10.0. The van der Waals surface area contributed by atoms with Gasteiger partial charge >= 0.3 is 0 Å². The van der Waals surface area contributed by atoms with Crippen molar-refractivity contribution >= 4 is 0 Å². The largest absolute Gasteiger partial charge is 0.344 e. The first kappa shape index (κ1) is 28.8. The van der Waals surface area contributed by atoms with E-state index >= 15 is 0 Å². The van der Waals surface area contributed by atoms with E-state index in [-0.39, 0.29) is 13.6 Å². The summed E-state index contributed by atoms with van der Waals surface area (Å²) in [6.07, 6.45) is 29.4. The van der Waals surface area contributed by atoms with Crippen LogP contribution in [0.25, 0.3) is 0 Å². The molecular formula is C23H53N. The van der Waals surface area contributed by atoms with Crippen LogP contribution in [0.15, 0.2) is 0 Å². The van der Waals surface area contributed by atoms with Gasteiger partial charge in [-0.25, -0.2) is 0 Å². The molecule has 0 aromatic rings. The fraction of sp³-hybridized carbons (Fsp3) is 1.00. The summed E-state index contributed by atoms with van der Waals surface area (Å²) < 4.78 is 0. The van der Waals surface area contributed by atoms with Crippen LogP contribution in [0.4, 0.5) is 0 Å².